The number of rotatable bonds is 7. The molecule has 27 heavy (non-hydrogen) atoms. The lowest BCUT2D eigenvalue weighted by molar-refractivity contribution is -0.0429. The molecule has 0 radical (unpaired) electrons. The fourth-order valence-electron chi connectivity index (χ4n) is 1.91. The zero-order valence-corrected chi connectivity index (χ0v) is 14.8. The van der Waals surface area contributed by atoms with Gasteiger partial charge in [-0.2, -0.15) is 21.6 Å². The number of nitrogens with zero attached hydrogens (tertiary/aromatic N) is 2. The van der Waals surface area contributed by atoms with Crippen LogP contribution in [0.4, 0.5) is 18.9 Å². The first-order chi connectivity index (χ1) is 12.6. The van der Waals surface area contributed by atoms with Gasteiger partial charge < -0.3 is 10.1 Å². The summed E-state index contributed by atoms with van der Waals surface area (Å²) in [6, 6.07) is 5.19. The summed E-state index contributed by atoms with van der Waals surface area (Å²) in [6.45, 7) is 2.02. The van der Waals surface area contributed by atoms with E-state index in [-0.39, 0.29) is 23.8 Å². The van der Waals surface area contributed by atoms with E-state index in [4.69, 9.17) is 4.74 Å². The minimum atomic E-state index is -5.52. The summed E-state index contributed by atoms with van der Waals surface area (Å²) in [5.41, 5.74) is -5.34. The van der Waals surface area contributed by atoms with Crippen LogP contribution < -0.4 is 14.8 Å². The Balaban J connectivity index is 2.04. The van der Waals surface area contributed by atoms with Crippen molar-refractivity contribution in [1.82, 2.24) is 15.3 Å². The van der Waals surface area contributed by atoms with Gasteiger partial charge >= 0.3 is 15.5 Å². The first-order valence-corrected chi connectivity index (χ1v) is 9.02. The van der Waals surface area contributed by atoms with E-state index in [0.717, 1.165) is 6.07 Å². The number of carbonyl (C=O) groups is 1. The molecule has 1 heterocycles. The van der Waals surface area contributed by atoms with Gasteiger partial charge in [-0.1, -0.05) is 12.1 Å². The van der Waals surface area contributed by atoms with Gasteiger partial charge in [-0.3, -0.25) is 14.5 Å². The Morgan fingerprint density at radius 2 is 2.00 bits per heavy atom. The van der Waals surface area contributed by atoms with Crippen LogP contribution in [0.3, 0.4) is 0 Å². The average molecular weight is 404 g/mol. The third kappa shape index (κ3) is 5.54. The number of carbonyl (C=O) groups excluding carboxylic acids is 1. The molecule has 0 aliphatic carbocycles. The number of nitrogens with one attached hydrogen (secondary N) is 2. The van der Waals surface area contributed by atoms with Crippen LogP contribution >= 0.6 is 0 Å². The number of hydrogen-bond donors (Lipinski definition) is 2. The number of halogens is 3. The molecule has 2 N–H and O–H groups in total. The summed E-state index contributed by atoms with van der Waals surface area (Å²) in [5, 5.41) is 2.51. The largest absolute Gasteiger partial charge is 0.516 e. The Bertz CT molecular complexity index is 919. The fourth-order valence-corrected chi connectivity index (χ4v) is 2.46. The molecule has 8 nitrogen and oxygen atoms in total. The second kappa shape index (κ2) is 8.20. The molecule has 0 saturated heterocycles. The number of anilines is 1. The van der Waals surface area contributed by atoms with Crippen molar-refractivity contribution < 1.29 is 31.1 Å². The molecule has 0 unspecified atom stereocenters. The van der Waals surface area contributed by atoms with Gasteiger partial charge in [-0.25, -0.2) is 4.98 Å². The average Bonchev–Trinajstić information content (AvgIpc) is 2.59. The maximum Gasteiger partial charge on any atom is 0.516 e. The molecule has 2 rings (SSSR count). The van der Waals surface area contributed by atoms with Crippen molar-refractivity contribution in [2.45, 2.75) is 19.0 Å². The molecular weight excluding hydrogens is 389 g/mol. The second-order valence-corrected chi connectivity index (χ2v) is 6.78. The molecule has 1 aromatic heterocycles. The lowest BCUT2D eigenvalue weighted by Gasteiger charge is -2.12. The van der Waals surface area contributed by atoms with Gasteiger partial charge in [0.1, 0.15) is 5.69 Å². The molecule has 0 aliphatic rings. The SMILES string of the molecule is CCOc1cncc(C(=O)NCc2cccc(NS(=O)(=O)C(F)(F)F)c2)n1. The maximum atomic E-state index is 12.4. The van der Waals surface area contributed by atoms with Gasteiger partial charge in [0, 0.05) is 12.2 Å². The number of alkyl halides is 3. The molecule has 12 heteroatoms. The molecule has 0 spiro atoms. The summed E-state index contributed by atoms with van der Waals surface area (Å²) in [6.07, 6.45) is 2.57. The van der Waals surface area contributed by atoms with Crippen LogP contribution in [0.5, 0.6) is 5.88 Å². The van der Waals surface area contributed by atoms with Crippen molar-refractivity contribution in [2.75, 3.05) is 11.3 Å². The monoisotopic (exact) mass is 404 g/mol. The third-order valence-electron chi connectivity index (χ3n) is 3.07. The first kappa shape index (κ1) is 20.4. The van der Waals surface area contributed by atoms with Gasteiger partial charge in [0.2, 0.25) is 5.88 Å². The number of aromatic nitrogens is 2. The zero-order chi connectivity index (χ0) is 20.1. The topological polar surface area (TPSA) is 110 Å². The normalized spacial score (nSPS) is 11.7. The molecule has 0 aliphatic heterocycles. The van der Waals surface area contributed by atoms with Crippen molar-refractivity contribution in [3.8, 4) is 5.88 Å². The van der Waals surface area contributed by atoms with Crippen LogP contribution in [0.15, 0.2) is 36.7 Å². The highest BCUT2D eigenvalue weighted by Gasteiger charge is 2.46. The quantitative estimate of drug-likeness (QED) is 0.731. The Hall–Kier alpha value is -2.89. The highest BCUT2D eigenvalue weighted by Crippen LogP contribution is 2.25. The Morgan fingerprint density at radius 3 is 2.67 bits per heavy atom. The van der Waals surface area contributed by atoms with Gasteiger partial charge in [-0.15, -0.1) is 0 Å². The van der Waals surface area contributed by atoms with E-state index >= 15 is 0 Å². The summed E-state index contributed by atoms with van der Waals surface area (Å²) < 4.78 is 66.1. The van der Waals surface area contributed by atoms with Crippen molar-refractivity contribution in [1.29, 1.82) is 0 Å². The fraction of sp³-hybridized carbons (Fsp3) is 0.267. The number of sulfonamides is 1. The van der Waals surface area contributed by atoms with Crippen molar-refractivity contribution in [2.24, 2.45) is 0 Å². The van der Waals surface area contributed by atoms with E-state index in [1.807, 2.05) is 0 Å². The Morgan fingerprint density at radius 1 is 1.26 bits per heavy atom. The van der Waals surface area contributed by atoms with Gasteiger partial charge in [0.05, 0.1) is 19.0 Å². The summed E-state index contributed by atoms with van der Waals surface area (Å²) >= 11 is 0. The van der Waals surface area contributed by atoms with Crippen LogP contribution in [0, 0.1) is 0 Å². The molecule has 0 atom stereocenters. The van der Waals surface area contributed by atoms with Gasteiger partial charge in [0.15, 0.2) is 0 Å². The van der Waals surface area contributed by atoms with E-state index in [0.29, 0.717) is 12.2 Å². The first-order valence-electron chi connectivity index (χ1n) is 7.53. The summed E-state index contributed by atoms with van der Waals surface area (Å²) in [7, 11) is -5.52. The highest BCUT2D eigenvalue weighted by atomic mass is 32.2. The van der Waals surface area contributed by atoms with Gasteiger partial charge in [0.25, 0.3) is 5.91 Å². The van der Waals surface area contributed by atoms with Crippen molar-refractivity contribution >= 4 is 21.6 Å². The molecular formula is C15H15F3N4O4S. The smallest absolute Gasteiger partial charge is 0.477 e. The van der Waals surface area contributed by atoms with Crippen molar-refractivity contribution in [3.05, 3.63) is 47.9 Å². The second-order valence-electron chi connectivity index (χ2n) is 5.11. The van der Waals surface area contributed by atoms with Crippen molar-refractivity contribution in [3.63, 3.8) is 0 Å². The number of hydrogen-bond acceptors (Lipinski definition) is 6. The number of benzene rings is 1. The lowest BCUT2D eigenvalue weighted by Crippen LogP contribution is -2.30. The Labute approximate surface area is 152 Å². The third-order valence-corrected chi connectivity index (χ3v) is 4.19. The lowest BCUT2D eigenvalue weighted by atomic mass is 10.2. The summed E-state index contributed by atoms with van der Waals surface area (Å²) in [4.78, 5) is 19.9. The van der Waals surface area contributed by atoms with Crippen LogP contribution in [-0.4, -0.2) is 36.4 Å². The van der Waals surface area contributed by atoms with E-state index < -0.39 is 21.4 Å². The number of ether oxygens (including phenoxy) is 1. The number of amides is 1. The van der Waals surface area contributed by atoms with Crippen LogP contribution in [0.1, 0.15) is 23.0 Å². The molecule has 146 valence electrons. The van der Waals surface area contributed by atoms with E-state index in [1.54, 1.807) is 6.92 Å². The standard InChI is InChI=1S/C15H15F3N4O4S/c1-2-26-13-9-19-8-12(21-13)14(23)20-7-10-4-3-5-11(6-10)22-27(24,25)15(16,17)18/h3-6,8-9,22H,2,7H2,1H3,(H,20,23). The van der Waals surface area contributed by atoms with E-state index in [1.165, 1.54) is 35.3 Å². The molecule has 0 saturated carbocycles. The Kier molecular flexibility index (Phi) is 6.20. The highest BCUT2D eigenvalue weighted by molar-refractivity contribution is 7.93. The summed E-state index contributed by atoms with van der Waals surface area (Å²) in [5.74, 6) is -0.404. The molecule has 2 aromatic rings. The minimum Gasteiger partial charge on any atom is -0.477 e. The molecule has 1 amide bonds. The zero-order valence-electron chi connectivity index (χ0n) is 13.9. The van der Waals surface area contributed by atoms with E-state index in [9.17, 15) is 26.4 Å². The predicted molar refractivity (Wildman–Crippen MR) is 89.4 cm³/mol. The van der Waals surface area contributed by atoms with Crippen LogP contribution in [0.25, 0.3) is 0 Å². The van der Waals surface area contributed by atoms with Gasteiger partial charge in [-0.05, 0) is 24.6 Å². The minimum absolute atomic E-state index is 0.00474. The predicted octanol–water partition coefficient (Wildman–Crippen LogP) is 2.07. The molecule has 0 fully saturated rings. The van der Waals surface area contributed by atoms with E-state index in [2.05, 4.69) is 15.3 Å². The van der Waals surface area contributed by atoms with Crippen LogP contribution in [0.2, 0.25) is 0 Å². The maximum absolute atomic E-state index is 12.4. The molecule has 0 bridgehead atoms. The molecule has 1 aromatic carbocycles. The van der Waals surface area contributed by atoms with Crippen LogP contribution in [-0.2, 0) is 16.6 Å².